The first-order valence-corrected chi connectivity index (χ1v) is 10.2. The lowest BCUT2D eigenvalue weighted by Gasteiger charge is -2.28. The summed E-state index contributed by atoms with van der Waals surface area (Å²) in [5.41, 5.74) is 2.17. The molecule has 160 valence electrons. The lowest BCUT2D eigenvalue weighted by Crippen LogP contribution is -3.14. The Morgan fingerprint density at radius 3 is 2.57 bits per heavy atom. The molecule has 1 aliphatic heterocycles. The topological polar surface area (TPSA) is 95.1 Å². The molecule has 8 nitrogen and oxygen atoms in total. The van der Waals surface area contributed by atoms with Crippen LogP contribution in [0.2, 0.25) is 0 Å². The summed E-state index contributed by atoms with van der Waals surface area (Å²) >= 11 is 0. The number of quaternary nitrogens is 1. The number of ether oxygens (including phenoxy) is 2. The van der Waals surface area contributed by atoms with Crippen molar-refractivity contribution in [1.29, 1.82) is 0 Å². The molecule has 0 aromatic heterocycles. The molecule has 2 aromatic rings. The first kappa shape index (κ1) is 21.7. The zero-order chi connectivity index (χ0) is 21.5. The van der Waals surface area contributed by atoms with E-state index in [0.717, 1.165) is 30.8 Å². The van der Waals surface area contributed by atoms with Crippen LogP contribution in [0.1, 0.15) is 34.5 Å². The number of carbonyl (C=O) groups is 1. The number of nitrogens with zero attached hydrogens (tertiary/aromatic N) is 1. The molecule has 2 N–H and O–H groups in total. The second-order valence-corrected chi connectivity index (χ2v) is 7.38. The molecular formula is C22H28N3O5+. The van der Waals surface area contributed by atoms with Gasteiger partial charge in [-0.1, -0.05) is 29.8 Å². The number of morpholine rings is 1. The van der Waals surface area contributed by atoms with E-state index < -0.39 is 4.92 Å². The number of nitro groups is 1. The average Bonchev–Trinajstić information content (AvgIpc) is 2.75. The quantitative estimate of drug-likeness (QED) is 0.506. The van der Waals surface area contributed by atoms with Crippen molar-refractivity contribution < 1.29 is 24.1 Å². The predicted octanol–water partition coefficient (Wildman–Crippen LogP) is 1.69. The molecule has 1 fully saturated rings. The fourth-order valence-corrected chi connectivity index (χ4v) is 3.52. The van der Waals surface area contributed by atoms with Gasteiger partial charge in [-0.3, -0.25) is 14.9 Å². The molecule has 0 aliphatic carbocycles. The van der Waals surface area contributed by atoms with Crippen molar-refractivity contribution in [2.75, 3.05) is 39.5 Å². The number of aryl methyl sites for hydroxylation is 1. The Morgan fingerprint density at radius 1 is 1.23 bits per heavy atom. The predicted molar refractivity (Wildman–Crippen MR) is 112 cm³/mol. The fraction of sp³-hybridized carbons (Fsp3) is 0.409. The molecule has 0 bridgehead atoms. The molecule has 1 saturated heterocycles. The third-order valence-electron chi connectivity index (χ3n) is 5.20. The zero-order valence-corrected chi connectivity index (χ0v) is 17.3. The van der Waals surface area contributed by atoms with Gasteiger partial charge in [0.05, 0.1) is 24.7 Å². The van der Waals surface area contributed by atoms with Crippen LogP contribution in [0, 0.1) is 17.0 Å². The lowest BCUT2D eigenvalue weighted by atomic mass is 10.0. The minimum atomic E-state index is -0.531. The number of nitrogens with one attached hydrogen (secondary N) is 2. The largest absolute Gasteiger partial charge is 0.487 e. The maximum atomic E-state index is 13.0. The molecule has 1 amide bonds. The van der Waals surface area contributed by atoms with Gasteiger partial charge < -0.3 is 19.7 Å². The van der Waals surface area contributed by atoms with Crippen LogP contribution in [-0.4, -0.2) is 50.3 Å². The van der Waals surface area contributed by atoms with Gasteiger partial charge in [0.2, 0.25) is 0 Å². The van der Waals surface area contributed by atoms with E-state index in [9.17, 15) is 14.9 Å². The van der Waals surface area contributed by atoms with E-state index >= 15 is 0 Å². The van der Waals surface area contributed by atoms with Gasteiger partial charge >= 0.3 is 5.69 Å². The van der Waals surface area contributed by atoms with Crippen molar-refractivity contribution in [3.05, 3.63) is 69.3 Å². The Morgan fingerprint density at radius 2 is 1.93 bits per heavy atom. The molecule has 0 spiro atoms. The first-order valence-electron chi connectivity index (χ1n) is 10.2. The molecule has 0 unspecified atom stereocenters. The van der Waals surface area contributed by atoms with Crippen LogP contribution in [0.4, 0.5) is 5.69 Å². The van der Waals surface area contributed by atoms with Gasteiger partial charge in [0.15, 0.2) is 5.75 Å². The molecule has 8 heteroatoms. The van der Waals surface area contributed by atoms with E-state index in [1.807, 2.05) is 31.2 Å². The standard InChI is InChI=1S/C22H27N3O5/c1-3-30-21-9-8-18(14-20(21)25(27)28)22(26)23-19(15-24-10-12-29-13-11-24)17-6-4-16(2)5-7-17/h4-9,14,19H,3,10-13,15H2,1-2H3,(H,23,26)/p+1/t19-/m1/s1. The summed E-state index contributed by atoms with van der Waals surface area (Å²) < 4.78 is 10.7. The Bertz CT molecular complexity index is 879. The van der Waals surface area contributed by atoms with E-state index in [-0.39, 0.29) is 28.9 Å². The molecule has 1 atom stereocenters. The van der Waals surface area contributed by atoms with Gasteiger partial charge in [0, 0.05) is 11.6 Å². The highest BCUT2D eigenvalue weighted by molar-refractivity contribution is 5.95. The molecule has 0 saturated carbocycles. The average molecular weight is 414 g/mol. The van der Waals surface area contributed by atoms with Crippen molar-refractivity contribution >= 4 is 11.6 Å². The zero-order valence-electron chi connectivity index (χ0n) is 17.3. The molecule has 1 heterocycles. The smallest absolute Gasteiger partial charge is 0.311 e. The van der Waals surface area contributed by atoms with Gasteiger partial charge in [-0.05, 0) is 31.5 Å². The second-order valence-electron chi connectivity index (χ2n) is 7.38. The molecule has 0 radical (unpaired) electrons. The number of carbonyl (C=O) groups excluding carboxylic acids is 1. The van der Waals surface area contributed by atoms with Crippen LogP contribution in [-0.2, 0) is 4.74 Å². The number of benzene rings is 2. The van der Waals surface area contributed by atoms with Gasteiger partial charge in [-0.2, -0.15) is 0 Å². The summed E-state index contributed by atoms with van der Waals surface area (Å²) in [6.45, 7) is 7.97. The lowest BCUT2D eigenvalue weighted by molar-refractivity contribution is -0.909. The SMILES string of the molecule is CCOc1ccc(C(=O)N[C@H](C[NH+]2CCOCC2)c2ccc(C)cc2)cc1[N+](=O)[O-]. The maximum Gasteiger partial charge on any atom is 0.311 e. The van der Waals surface area contributed by atoms with E-state index in [2.05, 4.69) is 5.32 Å². The van der Waals surface area contributed by atoms with Crippen molar-refractivity contribution in [2.45, 2.75) is 19.9 Å². The highest BCUT2D eigenvalue weighted by Crippen LogP contribution is 2.28. The van der Waals surface area contributed by atoms with E-state index in [4.69, 9.17) is 9.47 Å². The maximum absolute atomic E-state index is 13.0. The summed E-state index contributed by atoms with van der Waals surface area (Å²) in [5.74, 6) is -0.189. The summed E-state index contributed by atoms with van der Waals surface area (Å²) in [6, 6.07) is 12.2. The number of hydrogen-bond acceptors (Lipinski definition) is 5. The number of hydrogen-bond donors (Lipinski definition) is 2. The Balaban J connectivity index is 1.82. The van der Waals surface area contributed by atoms with Crippen molar-refractivity contribution in [3.8, 4) is 5.75 Å². The molecule has 3 rings (SSSR count). The van der Waals surface area contributed by atoms with Crippen LogP contribution in [0.15, 0.2) is 42.5 Å². The van der Waals surface area contributed by atoms with Gasteiger partial charge in [0.1, 0.15) is 25.7 Å². The summed E-state index contributed by atoms with van der Waals surface area (Å²) in [6.07, 6.45) is 0. The summed E-state index contributed by atoms with van der Waals surface area (Å²) in [7, 11) is 0. The Hall–Kier alpha value is -2.97. The second kappa shape index (κ2) is 10.2. The monoisotopic (exact) mass is 414 g/mol. The van der Waals surface area contributed by atoms with Crippen LogP contribution in [0.5, 0.6) is 5.75 Å². The highest BCUT2D eigenvalue weighted by Gasteiger charge is 2.25. The van der Waals surface area contributed by atoms with Crippen LogP contribution >= 0.6 is 0 Å². The summed E-state index contributed by atoms with van der Waals surface area (Å²) in [5, 5.41) is 14.5. The Labute approximate surface area is 175 Å². The summed E-state index contributed by atoms with van der Waals surface area (Å²) in [4.78, 5) is 25.2. The van der Waals surface area contributed by atoms with E-state index in [1.165, 1.54) is 17.0 Å². The van der Waals surface area contributed by atoms with Crippen LogP contribution < -0.4 is 15.0 Å². The van der Waals surface area contributed by atoms with E-state index in [1.54, 1.807) is 13.0 Å². The van der Waals surface area contributed by atoms with Crippen molar-refractivity contribution in [2.24, 2.45) is 0 Å². The number of rotatable bonds is 8. The Kier molecular flexibility index (Phi) is 7.37. The van der Waals surface area contributed by atoms with Crippen molar-refractivity contribution in [1.82, 2.24) is 5.32 Å². The fourth-order valence-electron chi connectivity index (χ4n) is 3.52. The van der Waals surface area contributed by atoms with Crippen molar-refractivity contribution in [3.63, 3.8) is 0 Å². The minimum Gasteiger partial charge on any atom is -0.487 e. The van der Waals surface area contributed by atoms with Gasteiger partial charge in [-0.25, -0.2) is 0 Å². The van der Waals surface area contributed by atoms with Gasteiger partial charge in [0.25, 0.3) is 5.91 Å². The normalized spacial score (nSPS) is 15.4. The third kappa shape index (κ3) is 5.55. The molecular weight excluding hydrogens is 386 g/mol. The highest BCUT2D eigenvalue weighted by atomic mass is 16.6. The minimum absolute atomic E-state index is 0.159. The third-order valence-corrected chi connectivity index (χ3v) is 5.20. The van der Waals surface area contributed by atoms with E-state index in [0.29, 0.717) is 19.8 Å². The molecule has 30 heavy (non-hydrogen) atoms. The van der Waals surface area contributed by atoms with Gasteiger partial charge in [-0.15, -0.1) is 0 Å². The van der Waals surface area contributed by atoms with Crippen LogP contribution in [0.3, 0.4) is 0 Å². The molecule has 1 aliphatic rings. The first-order chi connectivity index (χ1) is 14.5. The number of amides is 1. The number of nitro benzene ring substituents is 1. The van der Waals surface area contributed by atoms with Crippen LogP contribution in [0.25, 0.3) is 0 Å². The molecule has 2 aromatic carbocycles.